The smallest absolute Gasteiger partial charge is 0.338 e. The van der Waals surface area contributed by atoms with E-state index in [-0.39, 0.29) is 39.6 Å². The van der Waals surface area contributed by atoms with Gasteiger partial charge in [-0.2, -0.15) is 18.2 Å². The van der Waals surface area contributed by atoms with Gasteiger partial charge in [-0.15, -0.1) is 10.2 Å². The van der Waals surface area contributed by atoms with Gasteiger partial charge in [-0.05, 0) is 24.3 Å². The van der Waals surface area contributed by atoms with Gasteiger partial charge in [0.05, 0.1) is 16.9 Å². The van der Waals surface area contributed by atoms with E-state index in [1.165, 1.54) is 24.3 Å². The molecule has 2 N–H and O–H groups in total. The Morgan fingerprint density at radius 1 is 1.07 bits per heavy atom. The minimum Gasteiger partial charge on any atom is -0.338 e. The van der Waals surface area contributed by atoms with Crippen molar-refractivity contribution in [2.45, 2.75) is 17.1 Å². The molecule has 0 amide bonds. The van der Waals surface area contributed by atoms with Gasteiger partial charge in [0.25, 0.3) is 0 Å². The Bertz CT molecular complexity index is 1190. The second-order valence-electron chi connectivity index (χ2n) is 6.03. The second-order valence-corrected chi connectivity index (χ2v) is 6.98. The molecular formula is C18H12F4N6OS. The summed E-state index contributed by atoms with van der Waals surface area (Å²) in [5.41, 5.74) is -0.435. The van der Waals surface area contributed by atoms with Crippen molar-refractivity contribution in [1.29, 1.82) is 0 Å². The molecule has 7 nitrogen and oxygen atoms in total. The van der Waals surface area contributed by atoms with E-state index < -0.39 is 17.6 Å². The molecule has 0 unspecified atom stereocenters. The summed E-state index contributed by atoms with van der Waals surface area (Å²) in [7, 11) is 0. The van der Waals surface area contributed by atoms with Crippen molar-refractivity contribution in [3.63, 3.8) is 0 Å². The van der Waals surface area contributed by atoms with Gasteiger partial charge in [0, 0.05) is 5.56 Å². The molecular weight excluding hydrogens is 424 g/mol. The van der Waals surface area contributed by atoms with Crippen LogP contribution in [0.3, 0.4) is 0 Å². The van der Waals surface area contributed by atoms with E-state index in [0.29, 0.717) is 0 Å². The molecule has 2 heterocycles. The molecule has 0 bridgehead atoms. The van der Waals surface area contributed by atoms with Gasteiger partial charge in [-0.3, -0.25) is 0 Å². The lowest BCUT2D eigenvalue weighted by molar-refractivity contribution is -0.137. The highest BCUT2D eigenvalue weighted by atomic mass is 32.2. The minimum atomic E-state index is -4.47. The van der Waals surface area contributed by atoms with E-state index in [1.54, 1.807) is 12.1 Å². The molecule has 2 aromatic heterocycles. The Hall–Kier alpha value is -3.41. The maximum Gasteiger partial charge on any atom is 0.416 e. The number of alkyl halides is 3. The molecule has 4 aromatic rings. The Morgan fingerprint density at radius 3 is 2.63 bits per heavy atom. The van der Waals surface area contributed by atoms with E-state index >= 15 is 0 Å². The maximum absolute atomic E-state index is 13.9. The molecule has 0 spiro atoms. The van der Waals surface area contributed by atoms with Crippen molar-refractivity contribution in [3.8, 4) is 22.8 Å². The Kier molecular flexibility index (Phi) is 5.16. The van der Waals surface area contributed by atoms with Crippen molar-refractivity contribution in [1.82, 2.24) is 25.0 Å². The lowest BCUT2D eigenvalue weighted by Crippen LogP contribution is -2.12. The van der Waals surface area contributed by atoms with Gasteiger partial charge < -0.3 is 10.4 Å². The minimum absolute atomic E-state index is 0.0259. The van der Waals surface area contributed by atoms with Crippen LogP contribution >= 0.6 is 11.8 Å². The highest BCUT2D eigenvalue weighted by Gasteiger charge is 2.30. The van der Waals surface area contributed by atoms with Crippen LogP contribution in [-0.4, -0.2) is 25.0 Å². The number of nitrogens with two attached hydrogens (primary N) is 1. The monoisotopic (exact) mass is 436 g/mol. The van der Waals surface area contributed by atoms with Gasteiger partial charge in [0.1, 0.15) is 5.82 Å². The van der Waals surface area contributed by atoms with E-state index in [0.717, 1.165) is 28.6 Å². The third-order valence-corrected chi connectivity index (χ3v) is 4.95. The molecule has 30 heavy (non-hydrogen) atoms. The second kappa shape index (κ2) is 7.78. The number of hydrogen-bond acceptors (Lipinski definition) is 7. The number of halogens is 4. The molecule has 0 aliphatic heterocycles. The summed E-state index contributed by atoms with van der Waals surface area (Å²) in [4.78, 5) is 4.10. The number of hydrogen-bond donors (Lipinski definition) is 1. The summed E-state index contributed by atoms with van der Waals surface area (Å²) in [6.07, 6.45) is -4.47. The molecule has 2 aromatic carbocycles. The summed E-state index contributed by atoms with van der Waals surface area (Å²) in [6, 6.07) is 10.6. The topological polar surface area (TPSA) is 95.7 Å². The Morgan fingerprint density at radius 2 is 1.87 bits per heavy atom. The fourth-order valence-electron chi connectivity index (χ4n) is 2.59. The molecule has 0 radical (unpaired) electrons. The first-order valence-electron chi connectivity index (χ1n) is 8.41. The van der Waals surface area contributed by atoms with Crippen molar-refractivity contribution in [2.24, 2.45) is 0 Å². The SMILES string of the molecule is Nn1c(SCc2nc(-c3cccc(C(F)(F)F)c3)no2)nnc1-c1ccccc1F. The van der Waals surface area contributed by atoms with Crippen LogP contribution in [-0.2, 0) is 11.9 Å². The van der Waals surface area contributed by atoms with Crippen molar-refractivity contribution < 1.29 is 22.1 Å². The number of rotatable bonds is 5. The summed E-state index contributed by atoms with van der Waals surface area (Å²) >= 11 is 1.10. The fraction of sp³-hybridized carbons (Fsp3) is 0.111. The maximum atomic E-state index is 13.9. The summed E-state index contributed by atoms with van der Waals surface area (Å²) < 4.78 is 58.8. The fourth-order valence-corrected chi connectivity index (χ4v) is 3.29. The average Bonchev–Trinajstić information content (AvgIpc) is 3.33. The molecule has 0 saturated carbocycles. The predicted octanol–water partition coefficient (Wildman–Crippen LogP) is 4.16. The summed E-state index contributed by atoms with van der Waals surface area (Å²) in [5, 5.41) is 11.8. The number of nitrogens with zero attached hydrogens (tertiary/aromatic N) is 5. The van der Waals surface area contributed by atoms with Gasteiger partial charge >= 0.3 is 6.18 Å². The van der Waals surface area contributed by atoms with Crippen LogP contribution < -0.4 is 5.84 Å². The first-order valence-corrected chi connectivity index (χ1v) is 9.40. The van der Waals surface area contributed by atoms with Crippen LogP contribution in [0.1, 0.15) is 11.5 Å². The van der Waals surface area contributed by atoms with Crippen LogP contribution in [0.25, 0.3) is 22.8 Å². The van der Waals surface area contributed by atoms with E-state index in [1.807, 2.05) is 0 Å². The summed E-state index contributed by atoms with van der Waals surface area (Å²) in [6.45, 7) is 0. The normalized spacial score (nSPS) is 11.7. The first kappa shape index (κ1) is 19.9. The zero-order chi connectivity index (χ0) is 21.3. The molecule has 0 atom stereocenters. The molecule has 0 aliphatic carbocycles. The van der Waals surface area contributed by atoms with Crippen molar-refractivity contribution >= 4 is 11.8 Å². The Labute approximate surface area is 170 Å². The summed E-state index contributed by atoms with van der Waals surface area (Å²) in [5.74, 6) is 5.93. The molecule has 4 rings (SSSR count). The standard InChI is InChI=1S/C18H12F4N6OS/c19-13-7-2-1-6-12(13)16-25-26-17(28(16)23)30-9-14-24-15(27-29-14)10-4-3-5-11(8-10)18(20,21)22/h1-8H,9,23H2. The largest absolute Gasteiger partial charge is 0.416 e. The van der Waals surface area contributed by atoms with Crippen molar-refractivity contribution in [3.05, 3.63) is 65.8 Å². The molecule has 0 fully saturated rings. The van der Waals surface area contributed by atoms with Gasteiger partial charge in [0.2, 0.25) is 16.9 Å². The van der Waals surface area contributed by atoms with Gasteiger partial charge in [-0.25, -0.2) is 9.07 Å². The lowest BCUT2D eigenvalue weighted by atomic mass is 10.1. The average molecular weight is 436 g/mol. The highest BCUT2D eigenvalue weighted by molar-refractivity contribution is 7.98. The first-order chi connectivity index (χ1) is 14.3. The number of nitrogen functional groups attached to an aromatic ring is 1. The van der Waals surface area contributed by atoms with Crippen LogP contribution in [0.4, 0.5) is 17.6 Å². The number of thioether (sulfide) groups is 1. The number of benzene rings is 2. The van der Waals surface area contributed by atoms with Crippen molar-refractivity contribution in [2.75, 3.05) is 5.84 Å². The molecule has 12 heteroatoms. The van der Waals surface area contributed by atoms with Crippen LogP contribution in [0.5, 0.6) is 0 Å². The van der Waals surface area contributed by atoms with Gasteiger partial charge in [0.15, 0.2) is 5.82 Å². The van der Waals surface area contributed by atoms with Gasteiger partial charge in [-0.1, -0.05) is 41.2 Å². The van der Waals surface area contributed by atoms with Crippen LogP contribution in [0, 0.1) is 5.82 Å². The molecule has 0 aliphatic rings. The Balaban J connectivity index is 1.49. The zero-order valence-corrected chi connectivity index (χ0v) is 15.8. The molecule has 154 valence electrons. The highest BCUT2D eigenvalue weighted by Crippen LogP contribution is 2.32. The molecule has 0 saturated heterocycles. The van der Waals surface area contributed by atoms with Crippen LogP contribution in [0.2, 0.25) is 0 Å². The quantitative estimate of drug-likeness (QED) is 0.285. The van der Waals surface area contributed by atoms with E-state index in [4.69, 9.17) is 10.4 Å². The third-order valence-electron chi connectivity index (χ3n) is 4.02. The van der Waals surface area contributed by atoms with Crippen LogP contribution in [0.15, 0.2) is 58.2 Å². The zero-order valence-electron chi connectivity index (χ0n) is 15.0. The van der Waals surface area contributed by atoms with E-state index in [2.05, 4.69) is 20.3 Å². The third kappa shape index (κ3) is 3.99. The van der Waals surface area contributed by atoms with E-state index in [9.17, 15) is 17.6 Å². The lowest BCUT2D eigenvalue weighted by Gasteiger charge is -2.06. The predicted molar refractivity (Wildman–Crippen MR) is 99.9 cm³/mol. The number of aromatic nitrogens is 5.